The van der Waals surface area contributed by atoms with Gasteiger partial charge in [0.15, 0.2) is 11.5 Å². The summed E-state index contributed by atoms with van der Waals surface area (Å²) in [6.45, 7) is 4.38. The zero-order valence-corrected chi connectivity index (χ0v) is 13.1. The smallest absolute Gasteiger partial charge is 0.165 e. The Morgan fingerprint density at radius 3 is 2.48 bits per heavy atom. The summed E-state index contributed by atoms with van der Waals surface area (Å²) >= 11 is 0. The van der Waals surface area contributed by atoms with Gasteiger partial charge in [0, 0.05) is 37.8 Å². The fraction of sp³-hybridized carbons (Fsp3) is 0.647. The third-order valence-electron chi connectivity index (χ3n) is 4.89. The van der Waals surface area contributed by atoms with Gasteiger partial charge in [-0.15, -0.1) is 0 Å². The van der Waals surface area contributed by atoms with Crippen molar-refractivity contribution in [2.75, 3.05) is 40.4 Å². The van der Waals surface area contributed by atoms with E-state index in [-0.39, 0.29) is 0 Å². The summed E-state index contributed by atoms with van der Waals surface area (Å²) in [5, 5.41) is 3.45. The minimum Gasteiger partial charge on any atom is -0.493 e. The van der Waals surface area contributed by atoms with E-state index < -0.39 is 0 Å². The molecule has 4 nitrogen and oxygen atoms in total. The van der Waals surface area contributed by atoms with Crippen LogP contribution in [0.3, 0.4) is 0 Å². The molecule has 2 aliphatic rings. The van der Waals surface area contributed by atoms with E-state index in [0.717, 1.165) is 43.6 Å². The Balaban J connectivity index is 1.95. The van der Waals surface area contributed by atoms with Crippen molar-refractivity contribution in [2.45, 2.75) is 25.3 Å². The molecular formula is C17H26N2O2. The molecule has 0 unspecified atom stereocenters. The Labute approximate surface area is 127 Å². The summed E-state index contributed by atoms with van der Waals surface area (Å²) in [5.41, 5.74) is 1.29. The van der Waals surface area contributed by atoms with Crippen LogP contribution in [0.4, 0.5) is 0 Å². The molecular weight excluding hydrogens is 264 g/mol. The maximum Gasteiger partial charge on any atom is 0.165 e. The summed E-state index contributed by atoms with van der Waals surface area (Å²) in [5.74, 6) is 2.51. The highest BCUT2D eigenvalue weighted by molar-refractivity contribution is 5.48. The Kier molecular flexibility index (Phi) is 4.66. The number of ether oxygens (including phenoxy) is 2. The maximum absolute atomic E-state index is 5.69. The van der Waals surface area contributed by atoms with E-state index in [4.69, 9.17) is 9.47 Å². The van der Waals surface area contributed by atoms with Crippen LogP contribution in [0.2, 0.25) is 0 Å². The average Bonchev–Trinajstić information content (AvgIpc) is 2.50. The fourth-order valence-corrected chi connectivity index (χ4v) is 3.61. The first-order valence-corrected chi connectivity index (χ1v) is 8.01. The molecule has 1 atom stereocenters. The Morgan fingerprint density at radius 1 is 1.14 bits per heavy atom. The molecule has 4 heteroatoms. The van der Waals surface area contributed by atoms with E-state index >= 15 is 0 Å². The molecule has 1 aliphatic heterocycles. The van der Waals surface area contributed by atoms with Crippen molar-refractivity contribution in [3.8, 4) is 11.5 Å². The largest absolute Gasteiger partial charge is 0.493 e. The van der Waals surface area contributed by atoms with Crippen LogP contribution in [0.15, 0.2) is 18.2 Å². The Morgan fingerprint density at radius 2 is 1.90 bits per heavy atom. The van der Waals surface area contributed by atoms with Crippen molar-refractivity contribution < 1.29 is 9.47 Å². The molecule has 21 heavy (non-hydrogen) atoms. The number of piperazine rings is 1. The second-order valence-corrected chi connectivity index (χ2v) is 6.00. The van der Waals surface area contributed by atoms with Crippen LogP contribution >= 0.6 is 0 Å². The molecule has 0 spiro atoms. The maximum atomic E-state index is 5.69. The lowest BCUT2D eigenvalue weighted by Gasteiger charge is -2.43. The van der Waals surface area contributed by atoms with Crippen LogP contribution in [0.25, 0.3) is 0 Å². The van der Waals surface area contributed by atoms with Gasteiger partial charge in [-0.2, -0.15) is 0 Å². The van der Waals surface area contributed by atoms with Gasteiger partial charge in [-0.25, -0.2) is 0 Å². The summed E-state index contributed by atoms with van der Waals surface area (Å²) in [6.07, 6.45) is 4.02. The van der Waals surface area contributed by atoms with Crippen LogP contribution in [0, 0.1) is 5.92 Å². The molecule has 0 aromatic heterocycles. The molecule has 1 saturated carbocycles. The number of methoxy groups -OCH3 is 2. The molecule has 1 saturated heterocycles. The zero-order valence-electron chi connectivity index (χ0n) is 13.1. The molecule has 2 fully saturated rings. The number of para-hydroxylation sites is 1. The first kappa shape index (κ1) is 14.7. The van der Waals surface area contributed by atoms with Gasteiger partial charge in [-0.3, -0.25) is 4.90 Å². The van der Waals surface area contributed by atoms with E-state index in [2.05, 4.69) is 22.3 Å². The molecule has 0 radical (unpaired) electrons. The Bertz CT molecular complexity index is 468. The van der Waals surface area contributed by atoms with Crippen LogP contribution < -0.4 is 14.8 Å². The van der Waals surface area contributed by atoms with Crippen LogP contribution in [0.5, 0.6) is 11.5 Å². The first-order valence-electron chi connectivity index (χ1n) is 8.01. The molecule has 0 amide bonds. The number of nitrogens with zero attached hydrogens (tertiary/aromatic N) is 1. The monoisotopic (exact) mass is 290 g/mol. The molecule has 1 aromatic rings. The normalized spacial score (nSPS) is 21.6. The van der Waals surface area contributed by atoms with Gasteiger partial charge < -0.3 is 14.8 Å². The lowest BCUT2D eigenvalue weighted by molar-refractivity contribution is 0.0815. The summed E-state index contributed by atoms with van der Waals surface area (Å²) < 4.78 is 11.2. The van der Waals surface area contributed by atoms with E-state index in [1.165, 1.54) is 24.8 Å². The molecule has 1 heterocycles. The van der Waals surface area contributed by atoms with Crippen LogP contribution in [0.1, 0.15) is 30.9 Å². The zero-order chi connectivity index (χ0) is 14.7. The standard InChI is InChI=1S/C17H26N2O2/c1-20-15-8-4-7-14(17(15)21-2)16(13-5-3-6-13)19-11-9-18-10-12-19/h4,7-8,13,16,18H,3,5-6,9-12H2,1-2H3/t16-/m1/s1. The number of nitrogens with one attached hydrogen (secondary N) is 1. The topological polar surface area (TPSA) is 33.7 Å². The quantitative estimate of drug-likeness (QED) is 0.903. The molecule has 1 N–H and O–H groups in total. The van der Waals surface area contributed by atoms with Crippen molar-refractivity contribution in [3.05, 3.63) is 23.8 Å². The van der Waals surface area contributed by atoms with Crippen LogP contribution in [-0.4, -0.2) is 45.3 Å². The average molecular weight is 290 g/mol. The van der Waals surface area contributed by atoms with Gasteiger partial charge in [-0.1, -0.05) is 18.6 Å². The van der Waals surface area contributed by atoms with Gasteiger partial charge in [0.25, 0.3) is 0 Å². The molecule has 1 aromatic carbocycles. The lowest BCUT2D eigenvalue weighted by atomic mass is 9.76. The van der Waals surface area contributed by atoms with E-state index in [1.807, 2.05) is 6.07 Å². The molecule has 0 bridgehead atoms. The molecule has 3 rings (SSSR count). The molecule has 1 aliphatic carbocycles. The number of rotatable bonds is 5. The lowest BCUT2D eigenvalue weighted by Crippen LogP contribution is -2.47. The van der Waals surface area contributed by atoms with Gasteiger partial charge in [-0.05, 0) is 24.8 Å². The fourth-order valence-electron chi connectivity index (χ4n) is 3.61. The summed E-state index contributed by atoms with van der Waals surface area (Å²) in [7, 11) is 3.46. The molecule has 116 valence electrons. The van der Waals surface area contributed by atoms with E-state index in [1.54, 1.807) is 14.2 Å². The van der Waals surface area contributed by atoms with Gasteiger partial charge in [0.1, 0.15) is 0 Å². The number of hydrogen-bond acceptors (Lipinski definition) is 4. The summed E-state index contributed by atoms with van der Waals surface area (Å²) in [4.78, 5) is 2.62. The third kappa shape index (κ3) is 2.87. The minimum absolute atomic E-state index is 0.464. The van der Waals surface area contributed by atoms with Crippen molar-refractivity contribution in [1.29, 1.82) is 0 Å². The van der Waals surface area contributed by atoms with Crippen molar-refractivity contribution in [2.24, 2.45) is 5.92 Å². The van der Waals surface area contributed by atoms with Gasteiger partial charge in [0.2, 0.25) is 0 Å². The predicted octanol–water partition coefficient (Wildman–Crippen LogP) is 2.45. The number of hydrogen-bond donors (Lipinski definition) is 1. The van der Waals surface area contributed by atoms with E-state index in [0.29, 0.717) is 6.04 Å². The van der Waals surface area contributed by atoms with E-state index in [9.17, 15) is 0 Å². The highest BCUT2D eigenvalue weighted by Crippen LogP contribution is 2.46. The second-order valence-electron chi connectivity index (χ2n) is 6.00. The number of benzene rings is 1. The Hall–Kier alpha value is -1.26. The van der Waals surface area contributed by atoms with Gasteiger partial charge >= 0.3 is 0 Å². The van der Waals surface area contributed by atoms with Crippen molar-refractivity contribution in [3.63, 3.8) is 0 Å². The summed E-state index contributed by atoms with van der Waals surface area (Å²) in [6, 6.07) is 6.75. The highest BCUT2D eigenvalue weighted by Gasteiger charge is 2.35. The highest BCUT2D eigenvalue weighted by atomic mass is 16.5. The van der Waals surface area contributed by atoms with Crippen molar-refractivity contribution >= 4 is 0 Å². The first-order chi connectivity index (χ1) is 10.3. The predicted molar refractivity (Wildman–Crippen MR) is 84.1 cm³/mol. The van der Waals surface area contributed by atoms with Gasteiger partial charge in [0.05, 0.1) is 14.2 Å². The van der Waals surface area contributed by atoms with Crippen LogP contribution in [-0.2, 0) is 0 Å². The SMILES string of the molecule is COc1cccc([C@@H](C2CCC2)N2CCNCC2)c1OC. The second kappa shape index (κ2) is 6.67. The van der Waals surface area contributed by atoms with Crippen molar-refractivity contribution in [1.82, 2.24) is 10.2 Å². The minimum atomic E-state index is 0.464. The third-order valence-corrected chi connectivity index (χ3v) is 4.89.